The van der Waals surface area contributed by atoms with Crippen LogP contribution in [-0.2, 0) is 9.59 Å². The van der Waals surface area contributed by atoms with Crippen molar-refractivity contribution in [1.29, 1.82) is 0 Å². The van der Waals surface area contributed by atoms with Crippen molar-refractivity contribution in [1.82, 2.24) is 20.4 Å². The van der Waals surface area contributed by atoms with Crippen molar-refractivity contribution in [3.05, 3.63) is 35.9 Å². The largest absolute Gasteiger partial charge is 0.347 e. The zero-order valence-corrected chi connectivity index (χ0v) is 18.9. The predicted molar refractivity (Wildman–Crippen MR) is 118 cm³/mol. The van der Waals surface area contributed by atoms with Gasteiger partial charge in [0, 0.05) is 27.2 Å². The van der Waals surface area contributed by atoms with Gasteiger partial charge in [-0.05, 0) is 36.7 Å². The number of carbonyl (C=O) groups excluding carboxylic acids is 3. The second-order valence-electron chi connectivity index (χ2n) is 8.88. The zero-order chi connectivity index (χ0) is 22.3. The van der Waals surface area contributed by atoms with Crippen LogP contribution >= 0.6 is 0 Å². The Balaban J connectivity index is 2.15. The van der Waals surface area contributed by atoms with E-state index in [2.05, 4.69) is 17.6 Å². The van der Waals surface area contributed by atoms with Crippen LogP contribution in [0.5, 0.6) is 0 Å². The Morgan fingerprint density at radius 1 is 1.07 bits per heavy atom. The number of rotatable bonds is 7. The van der Waals surface area contributed by atoms with Crippen LogP contribution in [0.15, 0.2) is 30.3 Å². The summed E-state index contributed by atoms with van der Waals surface area (Å²) in [7, 11) is 3.34. The number of piperidine rings is 1. The van der Waals surface area contributed by atoms with E-state index in [1.807, 2.05) is 49.1 Å². The standard InChI is InChI=1S/C23H36N4O3/c1-16(2)15-19(21(28)26(4)5)24-23(30)25-20(18-9-7-6-8-10-18)22(29)27-13-11-17(3)12-14-27/h6-10,16-17,19-20H,11-15H2,1-5H3,(H2,24,25,30)/t19-,20-/m1/s1. The van der Waals surface area contributed by atoms with Gasteiger partial charge < -0.3 is 20.4 Å². The number of amides is 4. The number of likely N-dealkylation sites (N-methyl/N-ethyl adjacent to an activating group) is 1. The second kappa shape index (κ2) is 11.0. The Hall–Kier alpha value is -2.57. The van der Waals surface area contributed by atoms with Gasteiger partial charge in [0.1, 0.15) is 12.1 Å². The summed E-state index contributed by atoms with van der Waals surface area (Å²) < 4.78 is 0. The van der Waals surface area contributed by atoms with Crippen molar-refractivity contribution in [3.8, 4) is 0 Å². The van der Waals surface area contributed by atoms with Gasteiger partial charge in [0.05, 0.1) is 0 Å². The van der Waals surface area contributed by atoms with E-state index in [4.69, 9.17) is 0 Å². The third-order valence-corrected chi connectivity index (χ3v) is 5.50. The first-order valence-corrected chi connectivity index (χ1v) is 10.8. The van der Waals surface area contributed by atoms with E-state index < -0.39 is 18.1 Å². The maximum atomic E-state index is 13.3. The topological polar surface area (TPSA) is 81.8 Å². The van der Waals surface area contributed by atoms with Crippen molar-refractivity contribution in [2.75, 3.05) is 27.2 Å². The molecule has 0 bridgehead atoms. The van der Waals surface area contributed by atoms with E-state index in [0.29, 0.717) is 25.4 Å². The zero-order valence-electron chi connectivity index (χ0n) is 18.9. The molecule has 2 rings (SSSR count). The highest BCUT2D eigenvalue weighted by Crippen LogP contribution is 2.21. The maximum absolute atomic E-state index is 13.3. The van der Waals surface area contributed by atoms with Crippen LogP contribution in [0.1, 0.15) is 51.6 Å². The van der Waals surface area contributed by atoms with Crippen molar-refractivity contribution in [3.63, 3.8) is 0 Å². The molecule has 30 heavy (non-hydrogen) atoms. The van der Waals surface area contributed by atoms with Crippen LogP contribution in [0, 0.1) is 11.8 Å². The highest BCUT2D eigenvalue weighted by atomic mass is 16.2. The van der Waals surface area contributed by atoms with Crippen LogP contribution < -0.4 is 10.6 Å². The van der Waals surface area contributed by atoms with Gasteiger partial charge in [-0.25, -0.2) is 4.79 Å². The molecule has 0 spiro atoms. The monoisotopic (exact) mass is 416 g/mol. The van der Waals surface area contributed by atoms with Crippen molar-refractivity contribution in [2.45, 2.75) is 52.1 Å². The predicted octanol–water partition coefficient (Wildman–Crippen LogP) is 2.79. The first-order valence-electron chi connectivity index (χ1n) is 10.8. The Kier molecular flexibility index (Phi) is 8.69. The molecule has 7 heteroatoms. The summed E-state index contributed by atoms with van der Waals surface area (Å²) >= 11 is 0. The smallest absolute Gasteiger partial charge is 0.316 e. The number of hydrogen-bond donors (Lipinski definition) is 2. The second-order valence-corrected chi connectivity index (χ2v) is 8.88. The average Bonchev–Trinajstić information content (AvgIpc) is 2.71. The first-order chi connectivity index (χ1) is 14.2. The lowest BCUT2D eigenvalue weighted by molar-refractivity contribution is -0.134. The molecular weight excluding hydrogens is 380 g/mol. The normalized spacial score (nSPS) is 16.7. The van der Waals surface area contributed by atoms with Gasteiger partial charge in [0.15, 0.2) is 0 Å². The fraction of sp³-hybridized carbons (Fsp3) is 0.609. The number of likely N-dealkylation sites (tertiary alicyclic amines) is 1. The van der Waals surface area contributed by atoms with E-state index in [9.17, 15) is 14.4 Å². The van der Waals surface area contributed by atoms with E-state index in [1.165, 1.54) is 4.90 Å². The molecule has 0 aromatic heterocycles. The number of carbonyl (C=O) groups is 3. The molecule has 0 aliphatic carbocycles. The minimum absolute atomic E-state index is 0.109. The van der Waals surface area contributed by atoms with E-state index in [0.717, 1.165) is 18.4 Å². The molecule has 0 saturated carbocycles. The minimum Gasteiger partial charge on any atom is -0.347 e. The minimum atomic E-state index is -0.784. The van der Waals surface area contributed by atoms with Gasteiger partial charge in [0.2, 0.25) is 11.8 Å². The first kappa shape index (κ1) is 23.7. The fourth-order valence-electron chi connectivity index (χ4n) is 3.68. The lowest BCUT2D eigenvalue weighted by atomic mass is 9.97. The van der Waals surface area contributed by atoms with Crippen molar-refractivity contribution < 1.29 is 14.4 Å². The van der Waals surface area contributed by atoms with Crippen LogP contribution in [-0.4, -0.2) is 60.9 Å². The molecule has 0 radical (unpaired) electrons. The third kappa shape index (κ3) is 6.75. The van der Waals surface area contributed by atoms with E-state index in [1.54, 1.807) is 14.1 Å². The number of benzene rings is 1. The third-order valence-electron chi connectivity index (χ3n) is 5.50. The summed E-state index contributed by atoms with van der Waals surface area (Å²) in [6, 6.07) is 7.33. The van der Waals surface area contributed by atoms with Crippen LogP contribution in [0.25, 0.3) is 0 Å². The molecule has 7 nitrogen and oxygen atoms in total. The molecule has 166 valence electrons. The summed E-state index contributed by atoms with van der Waals surface area (Å²) in [6.07, 6.45) is 2.46. The summed E-state index contributed by atoms with van der Waals surface area (Å²) in [5, 5.41) is 5.61. The molecule has 1 fully saturated rings. The molecule has 4 amide bonds. The Bertz CT molecular complexity index is 712. The molecule has 1 aliphatic heterocycles. The van der Waals surface area contributed by atoms with Crippen molar-refractivity contribution in [2.24, 2.45) is 11.8 Å². The van der Waals surface area contributed by atoms with Crippen molar-refractivity contribution >= 4 is 17.8 Å². The molecule has 1 aromatic carbocycles. The number of hydrogen-bond acceptors (Lipinski definition) is 3. The van der Waals surface area contributed by atoms with Crippen LogP contribution in [0.2, 0.25) is 0 Å². The highest BCUT2D eigenvalue weighted by molar-refractivity contribution is 5.91. The van der Waals surface area contributed by atoms with Gasteiger partial charge >= 0.3 is 6.03 Å². The Morgan fingerprint density at radius 3 is 2.20 bits per heavy atom. The number of nitrogens with one attached hydrogen (secondary N) is 2. The molecule has 1 aliphatic rings. The molecule has 2 atom stereocenters. The summed E-state index contributed by atoms with van der Waals surface area (Å²) in [4.78, 5) is 41.9. The summed E-state index contributed by atoms with van der Waals surface area (Å²) in [5.74, 6) is 0.574. The fourth-order valence-corrected chi connectivity index (χ4v) is 3.68. The SMILES string of the molecule is CC(C)C[C@@H](NC(=O)N[C@@H](C(=O)N1CCC(C)CC1)c1ccccc1)C(=O)N(C)C. The molecule has 1 heterocycles. The van der Waals surface area contributed by atoms with Gasteiger partial charge in [0.25, 0.3) is 0 Å². The lowest BCUT2D eigenvalue weighted by Crippen LogP contribution is -2.53. The van der Waals surface area contributed by atoms with Crippen LogP contribution in [0.3, 0.4) is 0 Å². The number of nitrogens with zero attached hydrogens (tertiary/aromatic N) is 2. The molecule has 1 aromatic rings. The van der Waals surface area contributed by atoms with E-state index >= 15 is 0 Å². The van der Waals surface area contributed by atoms with Crippen LogP contribution in [0.4, 0.5) is 4.79 Å². The highest BCUT2D eigenvalue weighted by Gasteiger charge is 2.31. The molecule has 0 unspecified atom stereocenters. The van der Waals surface area contributed by atoms with Gasteiger partial charge in [-0.1, -0.05) is 51.1 Å². The number of urea groups is 1. The molecule has 2 N–H and O–H groups in total. The Morgan fingerprint density at radius 2 is 1.67 bits per heavy atom. The Labute approximate surface area is 180 Å². The lowest BCUT2D eigenvalue weighted by Gasteiger charge is -2.33. The molecular formula is C23H36N4O3. The average molecular weight is 417 g/mol. The van der Waals surface area contributed by atoms with Gasteiger partial charge in [-0.15, -0.1) is 0 Å². The van der Waals surface area contributed by atoms with Gasteiger partial charge in [-0.3, -0.25) is 9.59 Å². The van der Waals surface area contributed by atoms with E-state index in [-0.39, 0.29) is 17.7 Å². The summed E-state index contributed by atoms with van der Waals surface area (Å²) in [6.45, 7) is 7.59. The van der Waals surface area contributed by atoms with Gasteiger partial charge in [-0.2, -0.15) is 0 Å². The quantitative estimate of drug-likeness (QED) is 0.717. The molecule has 1 saturated heterocycles. The maximum Gasteiger partial charge on any atom is 0.316 e. The summed E-state index contributed by atoms with van der Waals surface area (Å²) in [5.41, 5.74) is 0.732.